The van der Waals surface area contributed by atoms with E-state index in [9.17, 15) is 17.6 Å². The highest BCUT2D eigenvalue weighted by Gasteiger charge is 2.37. The van der Waals surface area contributed by atoms with Crippen molar-refractivity contribution in [2.45, 2.75) is 29.8 Å². The number of halogens is 2. The van der Waals surface area contributed by atoms with Crippen LogP contribution in [-0.2, 0) is 13.8 Å². The summed E-state index contributed by atoms with van der Waals surface area (Å²) in [6.07, 6.45) is 2.63. The first-order chi connectivity index (χ1) is 9.77. The molecule has 8 heteroatoms. The van der Waals surface area contributed by atoms with Gasteiger partial charge in [0.05, 0.1) is 16.1 Å². The molecule has 0 spiro atoms. The average Bonchev–Trinajstić information content (AvgIpc) is 2.36. The standard InChI is InChI=1S/C13H15ClFNO4S/c1-20-13(5-2-6-13)8-16-12(17)10-7-9(15)3-4-11(10)21(14,18)19/h3-4,7H,2,5-6,8H2,1H3,(H,16,17). The number of nitrogens with one attached hydrogen (secondary N) is 1. The van der Waals surface area contributed by atoms with Crippen molar-refractivity contribution < 1.29 is 22.3 Å². The Morgan fingerprint density at radius 1 is 1.48 bits per heavy atom. The minimum atomic E-state index is -4.13. The smallest absolute Gasteiger partial charge is 0.262 e. The van der Waals surface area contributed by atoms with E-state index >= 15 is 0 Å². The number of hydrogen-bond donors (Lipinski definition) is 1. The van der Waals surface area contributed by atoms with E-state index in [1.54, 1.807) is 7.11 Å². The van der Waals surface area contributed by atoms with Crippen LogP contribution in [0.5, 0.6) is 0 Å². The minimum absolute atomic E-state index is 0.237. The fourth-order valence-electron chi connectivity index (χ4n) is 2.25. The Morgan fingerprint density at radius 3 is 2.62 bits per heavy atom. The summed E-state index contributed by atoms with van der Waals surface area (Å²) in [7, 11) is 2.69. The number of amides is 1. The molecule has 0 aromatic heterocycles. The molecule has 21 heavy (non-hydrogen) atoms. The second kappa shape index (κ2) is 5.90. The molecule has 0 saturated heterocycles. The summed E-state index contributed by atoms with van der Waals surface area (Å²) in [5, 5.41) is 2.58. The van der Waals surface area contributed by atoms with Crippen LogP contribution in [0.25, 0.3) is 0 Å². The van der Waals surface area contributed by atoms with E-state index in [1.165, 1.54) is 0 Å². The second-order valence-corrected chi connectivity index (χ2v) is 7.54. The highest BCUT2D eigenvalue weighted by atomic mass is 35.7. The SMILES string of the molecule is COC1(CNC(=O)c2cc(F)ccc2S(=O)(=O)Cl)CCC1. The van der Waals surface area contributed by atoms with Gasteiger partial charge in [-0.3, -0.25) is 4.79 Å². The van der Waals surface area contributed by atoms with E-state index in [2.05, 4.69) is 5.32 Å². The first kappa shape index (κ1) is 16.2. The topological polar surface area (TPSA) is 72.5 Å². The van der Waals surface area contributed by atoms with Gasteiger partial charge in [-0.1, -0.05) is 0 Å². The molecule has 0 heterocycles. The van der Waals surface area contributed by atoms with Crippen LogP contribution in [0.3, 0.4) is 0 Å². The Labute approximate surface area is 126 Å². The maximum atomic E-state index is 13.3. The molecule has 1 fully saturated rings. The van der Waals surface area contributed by atoms with Crippen molar-refractivity contribution in [1.82, 2.24) is 5.32 Å². The molecule has 1 amide bonds. The Balaban J connectivity index is 2.21. The van der Waals surface area contributed by atoms with Crippen molar-refractivity contribution in [3.63, 3.8) is 0 Å². The van der Waals surface area contributed by atoms with Crippen LogP contribution in [0.1, 0.15) is 29.6 Å². The largest absolute Gasteiger partial charge is 0.376 e. The van der Waals surface area contributed by atoms with Crippen molar-refractivity contribution in [2.75, 3.05) is 13.7 Å². The minimum Gasteiger partial charge on any atom is -0.376 e. The zero-order chi connectivity index (χ0) is 15.7. The number of carbonyl (C=O) groups is 1. The number of carbonyl (C=O) groups excluding carboxylic acids is 1. The molecule has 0 radical (unpaired) electrons. The molecule has 1 aromatic carbocycles. The summed E-state index contributed by atoms with van der Waals surface area (Å²) in [5.74, 6) is -1.41. The van der Waals surface area contributed by atoms with Gasteiger partial charge in [-0.15, -0.1) is 0 Å². The maximum Gasteiger partial charge on any atom is 0.262 e. The van der Waals surface area contributed by atoms with E-state index in [-0.39, 0.29) is 12.1 Å². The van der Waals surface area contributed by atoms with E-state index in [0.717, 1.165) is 37.5 Å². The summed E-state index contributed by atoms with van der Waals surface area (Å²) in [4.78, 5) is 11.7. The molecule has 5 nitrogen and oxygen atoms in total. The zero-order valence-electron chi connectivity index (χ0n) is 11.4. The van der Waals surface area contributed by atoms with Crippen LogP contribution in [0.2, 0.25) is 0 Å². The lowest BCUT2D eigenvalue weighted by Crippen LogP contribution is -2.49. The quantitative estimate of drug-likeness (QED) is 0.836. The number of methoxy groups -OCH3 is 1. The molecule has 1 N–H and O–H groups in total. The van der Waals surface area contributed by atoms with E-state index < -0.39 is 31.3 Å². The number of ether oxygens (including phenoxy) is 1. The Hall–Kier alpha value is -1.18. The average molecular weight is 336 g/mol. The lowest BCUT2D eigenvalue weighted by Gasteiger charge is -2.40. The van der Waals surface area contributed by atoms with Crippen LogP contribution in [0.4, 0.5) is 4.39 Å². The second-order valence-electron chi connectivity index (χ2n) is 5.00. The molecular weight excluding hydrogens is 321 g/mol. The van der Waals surface area contributed by atoms with Crippen molar-refractivity contribution >= 4 is 25.6 Å². The molecule has 2 rings (SSSR count). The first-order valence-corrected chi connectivity index (χ1v) is 8.66. The predicted octanol–water partition coefficient (Wildman–Crippen LogP) is 2.05. The van der Waals surface area contributed by atoms with E-state index in [1.807, 2.05) is 0 Å². The third kappa shape index (κ3) is 3.53. The van der Waals surface area contributed by atoms with Crippen molar-refractivity contribution in [2.24, 2.45) is 0 Å². The maximum absolute atomic E-state index is 13.3. The third-order valence-electron chi connectivity index (χ3n) is 3.72. The van der Waals surface area contributed by atoms with Crippen molar-refractivity contribution in [3.05, 3.63) is 29.6 Å². The van der Waals surface area contributed by atoms with Gasteiger partial charge in [0.2, 0.25) is 0 Å². The lowest BCUT2D eigenvalue weighted by atomic mass is 9.80. The Morgan fingerprint density at radius 2 is 2.14 bits per heavy atom. The van der Waals surface area contributed by atoms with Gasteiger partial charge in [-0.05, 0) is 37.5 Å². The molecule has 0 aliphatic heterocycles. The van der Waals surface area contributed by atoms with Gasteiger partial charge in [-0.2, -0.15) is 0 Å². The molecule has 1 aliphatic carbocycles. The zero-order valence-corrected chi connectivity index (χ0v) is 12.9. The molecule has 116 valence electrons. The predicted molar refractivity (Wildman–Crippen MR) is 75.4 cm³/mol. The van der Waals surface area contributed by atoms with Gasteiger partial charge in [0, 0.05) is 24.3 Å². The first-order valence-electron chi connectivity index (χ1n) is 6.35. The van der Waals surface area contributed by atoms with Gasteiger partial charge in [-0.25, -0.2) is 12.8 Å². The van der Waals surface area contributed by atoms with Gasteiger partial charge in [0.25, 0.3) is 15.0 Å². The van der Waals surface area contributed by atoms with E-state index in [4.69, 9.17) is 15.4 Å². The summed E-state index contributed by atoms with van der Waals surface area (Å²) in [5.41, 5.74) is -0.723. The van der Waals surface area contributed by atoms with Gasteiger partial charge < -0.3 is 10.1 Å². The lowest BCUT2D eigenvalue weighted by molar-refractivity contribution is -0.0679. The molecular formula is C13H15ClFNO4S. The van der Waals surface area contributed by atoms with Crippen LogP contribution < -0.4 is 5.32 Å². The molecule has 1 aromatic rings. The van der Waals surface area contributed by atoms with Crippen molar-refractivity contribution in [1.29, 1.82) is 0 Å². The Bertz CT molecular complexity index is 653. The number of rotatable bonds is 5. The van der Waals surface area contributed by atoms with E-state index in [0.29, 0.717) is 0 Å². The molecule has 1 saturated carbocycles. The molecule has 0 atom stereocenters. The fourth-order valence-corrected chi connectivity index (χ4v) is 3.30. The molecule has 0 bridgehead atoms. The Kier molecular flexibility index (Phi) is 4.55. The summed E-state index contributed by atoms with van der Waals surface area (Å²) in [6, 6.07) is 2.77. The van der Waals surface area contributed by atoms with Crippen LogP contribution in [-0.4, -0.2) is 33.6 Å². The van der Waals surface area contributed by atoms with Crippen LogP contribution in [0.15, 0.2) is 23.1 Å². The van der Waals surface area contributed by atoms with Crippen molar-refractivity contribution in [3.8, 4) is 0 Å². The number of benzene rings is 1. The summed E-state index contributed by atoms with van der Waals surface area (Å²) < 4.78 is 41.5. The highest BCUT2D eigenvalue weighted by Crippen LogP contribution is 2.34. The summed E-state index contributed by atoms with van der Waals surface area (Å²) in [6.45, 7) is 0.237. The van der Waals surface area contributed by atoms with Crippen LogP contribution in [0, 0.1) is 5.82 Å². The van der Waals surface area contributed by atoms with Gasteiger partial charge in [0.15, 0.2) is 0 Å². The number of hydrogen-bond acceptors (Lipinski definition) is 4. The highest BCUT2D eigenvalue weighted by molar-refractivity contribution is 8.13. The molecule has 1 aliphatic rings. The monoisotopic (exact) mass is 335 g/mol. The van der Waals surface area contributed by atoms with Gasteiger partial charge >= 0.3 is 0 Å². The van der Waals surface area contributed by atoms with Gasteiger partial charge in [0.1, 0.15) is 5.82 Å². The normalized spacial score (nSPS) is 17.1. The molecule has 0 unspecified atom stereocenters. The summed E-state index contributed by atoms with van der Waals surface area (Å²) >= 11 is 0. The fraction of sp³-hybridized carbons (Fsp3) is 0.462. The van der Waals surface area contributed by atoms with Crippen LogP contribution >= 0.6 is 10.7 Å². The third-order valence-corrected chi connectivity index (χ3v) is 5.10.